The number of benzene rings is 3. The first-order valence-electron chi connectivity index (χ1n) is 8.62. The summed E-state index contributed by atoms with van der Waals surface area (Å²) >= 11 is 7.00. The average Bonchev–Trinajstić information content (AvgIpc) is 2.69. The van der Waals surface area contributed by atoms with Crippen LogP contribution in [-0.2, 0) is 4.79 Å². The molecule has 1 amide bonds. The van der Waals surface area contributed by atoms with Crippen LogP contribution in [0.2, 0.25) is 0 Å². The van der Waals surface area contributed by atoms with Gasteiger partial charge in [0.2, 0.25) is 0 Å². The van der Waals surface area contributed by atoms with Crippen LogP contribution < -0.4 is 14.9 Å². The van der Waals surface area contributed by atoms with Crippen molar-refractivity contribution in [1.29, 1.82) is 0 Å². The molecule has 0 aliphatic heterocycles. The summed E-state index contributed by atoms with van der Waals surface area (Å²) in [7, 11) is 0. The molecule has 3 rings (SSSR count). The lowest BCUT2D eigenvalue weighted by molar-refractivity contribution is -0.123. The molecule has 144 valence electrons. The number of amides is 1. The number of ether oxygens (including phenoxy) is 2. The molecule has 0 saturated carbocycles. The van der Waals surface area contributed by atoms with Gasteiger partial charge in [-0.25, -0.2) is 5.43 Å². The van der Waals surface area contributed by atoms with Crippen molar-refractivity contribution in [1.82, 2.24) is 5.43 Å². The van der Waals surface area contributed by atoms with Crippen molar-refractivity contribution in [2.75, 3.05) is 13.2 Å². The van der Waals surface area contributed by atoms with Crippen LogP contribution in [-0.4, -0.2) is 25.3 Å². The zero-order valence-corrected chi connectivity index (χ0v) is 18.3. The van der Waals surface area contributed by atoms with Crippen LogP contribution >= 0.6 is 31.9 Å². The highest BCUT2D eigenvalue weighted by molar-refractivity contribution is 9.11. The zero-order chi connectivity index (χ0) is 19.9. The van der Waals surface area contributed by atoms with Crippen LogP contribution in [0.3, 0.4) is 0 Å². The third-order valence-corrected chi connectivity index (χ3v) is 5.14. The van der Waals surface area contributed by atoms with E-state index in [1.54, 1.807) is 6.21 Å². The van der Waals surface area contributed by atoms with Gasteiger partial charge in [-0.2, -0.15) is 5.10 Å². The van der Waals surface area contributed by atoms with Gasteiger partial charge in [-0.15, -0.1) is 0 Å². The van der Waals surface area contributed by atoms with E-state index in [0.717, 1.165) is 31.0 Å². The fourth-order valence-corrected chi connectivity index (χ4v) is 3.51. The first kappa shape index (κ1) is 20.4. The van der Waals surface area contributed by atoms with E-state index in [0.29, 0.717) is 12.4 Å². The van der Waals surface area contributed by atoms with E-state index >= 15 is 0 Å². The standard InChI is InChI=1S/C21H18Br2N2O3/c1-2-27-17-7-3-14(4-8-17)12-24-25-20(26)13-28-19-10-5-15-11-16(22)6-9-18(15)21(19)23/h3-12H,2,13H2,1H3,(H,25,26)/b24-12+. The molecule has 0 aromatic heterocycles. The summed E-state index contributed by atoms with van der Waals surface area (Å²) < 4.78 is 12.8. The molecule has 0 spiro atoms. The smallest absolute Gasteiger partial charge is 0.277 e. The molecule has 1 N–H and O–H groups in total. The first-order valence-corrected chi connectivity index (χ1v) is 10.2. The molecule has 0 unspecified atom stereocenters. The van der Waals surface area contributed by atoms with Gasteiger partial charge in [0.25, 0.3) is 5.91 Å². The number of halogens is 2. The van der Waals surface area contributed by atoms with Crippen LogP contribution in [0.15, 0.2) is 68.6 Å². The van der Waals surface area contributed by atoms with Crippen molar-refractivity contribution in [2.24, 2.45) is 5.10 Å². The molecule has 0 bridgehead atoms. The van der Waals surface area contributed by atoms with Gasteiger partial charge >= 0.3 is 0 Å². The molecule has 0 fully saturated rings. The number of hydrogen-bond acceptors (Lipinski definition) is 4. The van der Waals surface area contributed by atoms with Crippen molar-refractivity contribution in [3.63, 3.8) is 0 Å². The monoisotopic (exact) mass is 504 g/mol. The van der Waals surface area contributed by atoms with Gasteiger partial charge in [0.05, 0.1) is 17.3 Å². The molecule has 5 nitrogen and oxygen atoms in total. The predicted molar refractivity (Wildman–Crippen MR) is 118 cm³/mol. The SMILES string of the molecule is CCOc1ccc(/C=N/NC(=O)COc2ccc3cc(Br)ccc3c2Br)cc1. The van der Waals surface area contributed by atoms with Crippen molar-refractivity contribution in [3.8, 4) is 11.5 Å². The number of nitrogens with one attached hydrogen (secondary N) is 1. The highest BCUT2D eigenvalue weighted by atomic mass is 79.9. The van der Waals surface area contributed by atoms with E-state index in [-0.39, 0.29) is 12.5 Å². The summed E-state index contributed by atoms with van der Waals surface area (Å²) in [5.41, 5.74) is 3.31. The van der Waals surface area contributed by atoms with Crippen LogP contribution in [0.5, 0.6) is 11.5 Å². The van der Waals surface area contributed by atoms with Gasteiger partial charge in [-0.1, -0.05) is 28.1 Å². The Balaban J connectivity index is 1.55. The Bertz CT molecular complexity index is 1000. The second kappa shape index (κ2) is 9.71. The summed E-state index contributed by atoms with van der Waals surface area (Å²) in [4.78, 5) is 12.0. The Morgan fingerprint density at radius 1 is 1.07 bits per heavy atom. The highest BCUT2D eigenvalue weighted by Gasteiger charge is 2.09. The minimum Gasteiger partial charge on any atom is -0.494 e. The third-order valence-electron chi connectivity index (χ3n) is 3.83. The van der Waals surface area contributed by atoms with Gasteiger partial charge in [-0.3, -0.25) is 4.79 Å². The topological polar surface area (TPSA) is 59.9 Å². The molecule has 0 aliphatic carbocycles. The molecule has 0 saturated heterocycles. The molecular weight excluding hydrogens is 488 g/mol. The molecule has 3 aromatic rings. The van der Waals surface area contributed by atoms with Gasteiger partial charge in [0.1, 0.15) is 11.5 Å². The van der Waals surface area contributed by atoms with Gasteiger partial charge < -0.3 is 9.47 Å². The Morgan fingerprint density at radius 2 is 1.86 bits per heavy atom. The maximum atomic E-state index is 12.0. The number of hydrogen-bond donors (Lipinski definition) is 1. The first-order chi connectivity index (χ1) is 13.6. The lowest BCUT2D eigenvalue weighted by Crippen LogP contribution is -2.24. The molecule has 0 heterocycles. The van der Waals surface area contributed by atoms with Crippen LogP contribution in [0.25, 0.3) is 10.8 Å². The quantitative estimate of drug-likeness (QED) is 0.350. The zero-order valence-electron chi connectivity index (χ0n) is 15.1. The predicted octanol–water partition coefficient (Wildman–Crippen LogP) is 5.29. The van der Waals surface area contributed by atoms with Crippen molar-refractivity contribution < 1.29 is 14.3 Å². The molecule has 3 aromatic carbocycles. The van der Waals surface area contributed by atoms with Crippen LogP contribution in [0, 0.1) is 0 Å². The van der Waals surface area contributed by atoms with Crippen LogP contribution in [0.4, 0.5) is 0 Å². The van der Waals surface area contributed by atoms with Gasteiger partial charge in [-0.05, 0) is 81.7 Å². The van der Waals surface area contributed by atoms with Crippen molar-refractivity contribution in [3.05, 3.63) is 69.1 Å². The number of rotatable bonds is 7. The van der Waals surface area contributed by atoms with Crippen molar-refractivity contribution >= 4 is 54.8 Å². The Kier molecular flexibility index (Phi) is 7.06. The van der Waals surface area contributed by atoms with E-state index in [1.807, 2.05) is 61.5 Å². The lowest BCUT2D eigenvalue weighted by atomic mass is 10.1. The fourth-order valence-electron chi connectivity index (χ4n) is 2.53. The van der Waals surface area contributed by atoms with E-state index in [2.05, 4.69) is 42.4 Å². The maximum absolute atomic E-state index is 12.0. The maximum Gasteiger partial charge on any atom is 0.277 e. The van der Waals surface area contributed by atoms with Crippen LogP contribution in [0.1, 0.15) is 12.5 Å². The Hall–Kier alpha value is -2.38. The van der Waals surface area contributed by atoms with Gasteiger partial charge in [0.15, 0.2) is 6.61 Å². The summed E-state index contributed by atoms with van der Waals surface area (Å²) in [6.45, 7) is 2.41. The molecule has 0 radical (unpaired) electrons. The number of hydrazone groups is 1. The molecule has 7 heteroatoms. The Morgan fingerprint density at radius 3 is 2.61 bits per heavy atom. The van der Waals surface area contributed by atoms with E-state index in [1.165, 1.54) is 0 Å². The molecular formula is C21H18Br2N2O3. The summed E-state index contributed by atoms with van der Waals surface area (Å²) in [6.07, 6.45) is 1.57. The van der Waals surface area contributed by atoms with Gasteiger partial charge in [0, 0.05) is 4.47 Å². The average molecular weight is 506 g/mol. The third kappa shape index (κ3) is 5.33. The number of fused-ring (bicyclic) bond motifs is 1. The summed E-state index contributed by atoms with van der Waals surface area (Å²) in [5.74, 6) is 1.05. The van der Waals surface area contributed by atoms with E-state index < -0.39 is 0 Å². The number of carbonyl (C=O) groups is 1. The highest BCUT2D eigenvalue weighted by Crippen LogP contribution is 2.34. The molecule has 0 aliphatic rings. The fraction of sp³-hybridized carbons (Fsp3) is 0.143. The largest absolute Gasteiger partial charge is 0.494 e. The lowest BCUT2D eigenvalue weighted by Gasteiger charge is -2.10. The molecule has 28 heavy (non-hydrogen) atoms. The van der Waals surface area contributed by atoms with Crippen molar-refractivity contribution in [2.45, 2.75) is 6.92 Å². The summed E-state index contributed by atoms with van der Waals surface area (Å²) in [6, 6.07) is 17.2. The Labute approximate surface area is 180 Å². The second-order valence-corrected chi connectivity index (χ2v) is 7.54. The minimum absolute atomic E-state index is 0.138. The number of nitrogens with zero attached hydrogens (tertiary/aromatic N) is 1. The normalized spacial score (nSPS) is 11.0. The minimum atomic E-state index is -0.343. The molecule has 0 atom stereocenters. The number of carbonyl (C=O) groups excluding carboxylic acids is 1. The van der Waals surface area contributed by atoms with E-state index in [9.17, 15) is 4.79 Å². The summed E-state index contributed by atoms with van der Waals surface area (Å²) in [5, 5.41) is 6.03. The van der Waals surface area contributed by atoms with E-state index in [4.69, 9.17) is 9.47 Å². The second-order valence-electron chi connectivity index (χ2n) is 5.83.